The Kier molecular flexibility index (Phi) is 5.16. The molecule has 106 valence electrons. The van der Waals surface area contributed by atoms with Crippen molar-refractivity contribution in [2.75, 3.05) is 23.4 Å². The third-order valence-electron chi connectivity index (χ3n) is 3.40. The Morgan fingerprint density at radius 1 is 1.26 bits per heavy atom. The van der Waals surface area contributed by atoms with Crippen molar-refractivity contribution in [2.24, 2.45) is 0 Å². The number of hydrogen-bond acceptors (Lipinski definition) is 4. The standard InChI is InChI=1S/C14H21NO2S2/c1-2-19(16,17)14-8-6-12(7-9-14)15-11-13-5-3-4-10-18-13/h6-9,13,15H,2-5,10-11H2,1H3. The number of nitrogens with one attached hydrogen (secondary N) is 1. The maximum absolute atomic E-state index is 11.7. The molecule has 0 amide bonds. The second-order valence-electron chi connectivity index (χ2n) is 4.80. The molecule has 19 heavy (non-hydrogen) atoms. The highest BCUT2D eigenvalue weighted by Crippen LogP contribution is 2.25. The van der Waals surface area contributed by atoms with E-state index in [-0.39, 0.29) is 5.75 Å². The van der Waals surface area contributed by atoms with E-state index in [0.717, 1.165) is 12.2 Å². The quantitative estimate of drug-likeness (QED) is 0.907. The van der Waals surface area contributed by atoms with Gasteiger partial charge in [-0.15, -0.1) is 0 Å². The van der Waals surface area contributed by atoms with Crippen LogP contribution in [-0.2, 0) is 9.84 Å². The van der Waals surface area contributed by atoms with Crippen molar-refractivity contribution < 1.29 is 8.42 Å². The Hall–Kier alpha value is -0.680. The predicted octanol–water partition coefficient (Wildman–Crippen LogP) is 3.18. The third-order valence-corrected chi connectivity index (χ3v) is 6.55. The Morgan fingerprint density at radius 3 is 2.58 bits per heavy atom. The molecule has 1 N–H and O–H groups in total. The van der Waals surface area contributed by atoms with E-state index in [1.807, 2.05) is 23.9 Å². The molecule has 1 saturated heterocycles. The topological polar surface area (TPSA) is 46.2 Å². The van der Waals surface area contributed by atoms with E-state index in [4.69, 9.17) is 0 Å². The molecule has 0 aliphatic carbocycles. The fraction of sp³-hybridized carbons (Fsp3) is 0.571. The zero-order valence-corrected chi connectivity index (χ0v) is 12.9. The zero-order valence-electron chi connectivity index (χ0n) is 11.3. The van der Waals surface area contributed by atoms with Crippen LogP contribution in [0.4, 0.5) is 5.69 Å². The molecule has 0 radical (unpaired) electrons. The van der Waals surface area contributed by atoms with Crippen molar-refractivity contribution in [1.82, 2.24) is 0 Å². The van der Waals surface area contributed by atoms with Crippen LogP contribution in [0.15, 0.2) is 29.2 Å². The van der Waals surface area contributed by atoms with Crippen molar-refractivity contribution in [3.8, 4) is 0 Å². The molecular weight excluding hydrogens is 278 g/mol. The number of benzene rings is 1. The zero-order chi connectivity index (χ0) is 13.7. The number of hydrogen-bond donors (Lipinski definition) is 1. The summed E-state index contributed by atoms with van der Waals surface area (Å²) in [5.74, 6) is 1.42. The summed E-state index contributed by atoms with van der Waals surface area (Å²) in [4.78, 5) is 0.410. The van der Waals surface area contributed by atoms with Crippen LogP contribution in [-0.4, -0.2) is 31.7 Å². The van der Waals surface area contributed by atoms with E-state index in [1.54, 1.807) is 19.1 Å². The van der Waals surface area contributed by atoms with Crippen molar-refractivity contribution in [3.63, 3.8) is 0 Å². The van der Waals surface area contributed by atoms with Crippen molar-refractivity contribution in [2.45, 2.75) is 36.3 Å². The van der Waals surface area contributed by atoms with Gasteiger partial charge in [0.25, 0.3) is 0 Å². The summed E-state index contributed by atoms with van der Waals surface area (Å²) in [6, 6.07) is 7.09. The SMILES string of the molecule is CCS(=O)(=O)c1ccc(NCC2CCCCS2)cc1. The maximum atomic E-state index is 11.7. The van der Waals surface area contributed by atoms with E-state index in [2.05, 4.69) is 5.32 Å². The van der Waals surface area contributed by atoms with Crippen LogP contribution in [0, 0.1) is 0 Å². The van der Waals surface area contributed by atoms with E-state index in [9.17, 15) is 8.42 Å². The summed E-state index contributed by atoms with van der Waals surface area (Å²) in [5.41, 5.74) is 1.00. The first-order valence-corrected chi connectivity index (χ1v) is 9.50. The predicted molar refractivity (Wildman–Crippen MR) is 82.8 cm³/mol. The van der Waals surface area contributed by atoms with Gasteiger partial charge in [0, 0.05) is 17.5 Å². The summed E-state index contributed by atoms with van der Waals surface area (Å²) >= 11 is 2.04. The number of anilines is 1. The summed E-state index contributed by atoms with van der Waals surface area (Å²) in [7, 11) is -3.08. The van der Waals surface area contributed by atoms with Gasteiger partial charge < -0.3 is 5.32 Å². The lowest BCUT2D eigenvalue weighted by Crippen LogP contribution is -2.19. The van der Waals surface area contributed by atoms with Crippen LogP contribution < -0.4 is 5.32 Å². The molecule has 0 bridgehead atoms. The van der Waals surface area contributed by atoms with Gasteiger partial charge in [-0.3, -0.25) is 0 Å². The first-order chi connectivity index (χ1) is 9.12. The van der Waals surface area contributed by atoms with Crippen LogP contribution in [0.2, 0.25) is 0 Å². The van der Waals surface area contributed by atoms with Gasteiger partial charge >= 0.3 is 0 Å². The molecule has 1 atom stereocenters. The number of thioether (sulfide) groups is 1. The molecule has 1 aromatic carbocycles. The van der Waals surface area contributed by atoms with Crippen molar-refractivity contribution >= 4 is 27.3 Å². The Bertz CT molecular complexity index is 491. The lowest BCUT2D eigenvalue weighted by atomic mass is 10.2. The van der Waals surface area contributed by atoms with E-state index < -0.39 is 9.84 Å². The monoisotopic (exact) mass is 299 g/mol. The number of sulfone groups is 1. The molecule has 0 spiro atoms. The fourth-order valence-electron chi connectivity index (χ4n) is 2.15. The molecule has 2 rings (SSSR count). The molecule has 0 aromatic heterocycles. The van der Waals surface area contributed by atoms with Gasteiger partial charge in [0.15, 0.2) is 9.84 Å². The molecular formula is C14H21NO2S2. The highest BCUT2D eigenvalue weighted by molar-refractivity contribution is 8.00. The average molecular weight is 299 g/mol. The first-order valence-electron chi connectivity index (χ1n) is 6.80. The van der Waals surface area contributed by atoms with Crippen LogP contribution >= 0.6 is 11.8 Å². The molecule has 1 aliphatic heterocycles. The van der Waals surface area contributed by atoms with E-state index in [0.29, 0.717) is 10.1 Å². The lowest BCUT2D eigenvalue weighted by Gasteiger charge is -2.22. The molecule has 3 nitrogen and oxygen atoms in total. The molecule has 1 fully saturated rings. The van der Waals surface area contributed by atoms with E-state index in [1.165, 1.54) is 25.0 Å². The second kappa shape index (κ2) is 6.66. The van der Waals surface area contributed by atoms with E-state index >= 15 is 0 Å². The Morgan fingerprint density at radius 2 is 2.00 bits per heavy atom. The van der Waals surface area contributed by atoms with Crippen LogP contribution in [0.5, 0.6) is 0 Å². The van der Waals surface area contributed by atoms with Crippen LogP contribution in [0.3, 0.4) is 0 Å². The highest BCUT2D eigenvalue weighted by atomic mass is 32.2. The van der Waals surface area contributed by atoms with Gasteiger partial charge in [-0.1, -0.05) is 13.3 Å². The first kappa shape index (κ1) is 14.7. The molecule has 1 aromatic rings. The minimum absolute atomic E-state index is 0.151. The lowest BCUT2D eigenvalue weighted by molar-refractivity contribution is 0.597. The minimum Gasteiger partial charge on any atom is -0.384 e. The third kappa shape index (κ3) is 4.14. The normalized spacial score (nSPS) is 20.2. The summed E-state index contributed by atoms with van der Waals surface area (Å²) in [5, 5.41) is 4.08. The Labute approximate surface area is 120 Å². The summed E-state index contributed by atoms with van der Waals surface area (Å²) in [6.07, 6.45) is 3.94. The molecule has 5 heteroatoms. The molecule has 1 heterocycles. The fourth-order valence-corrected chi connectivity index (χ4v) is 4.27. The molecule has 1 aliphatic rings. The van der Waals surface area contributed by atoms with Gasteiger partial charge in [-0.05, 0) is 42.9 Å². The van der Waals surface area contributed by atoms with Crippen molar-refractivity contribution in [1.29, 1.82) is 0 Å². The maximum Gasteiger partial charge on any atom is 0.178 e. The van der Waals surface area contributed by atoms with Crippen molar-refractivity contribution in [3.05, 3.63) is 24.3 Å². The summed E-state index contributed by atoms with van der Waals surface area (Å²) in [6.45, 7) is 2.63. The minimum atomic E-state index is -3.08. The average Bonchev–Trinajstić information content (AvgIpc) is 2.47. The number of rotatable bonds is 5. The highest BCUT2D eigenvalue weighted by Gasteiger charge is 2.14. The van der Waals surface area contributed by atoms with Gasteiger partial charge in [-0.2, -0.15) is 11.8 Å². The largest absolute Gasteiger partial charge is 0.384 e. The molecule has 0 saturated carbocycles. The van der Waals surface area contributed by atoms with Crippen LogP contribution in [0.1, 0.15) is 26.2 Å². The van der Waals surface area contributed by atoms with Gasteiger partial charge in [0.2, 0.25) is 0 Å². The second-order valence-corrected chi connectivity index (χ2v) is 8.48. The molecule has 1 unspecified atom stereocenters. The smallest absolute Gasteiger partial charge is 0.178 e. The van der Waals surface area contributed by atoms with Gasteiger partial charge in [-0.25, -0.2) is 8.42 Å². The van der Waals surface area contributed by atoms with Gasteiger partial charge in [0.1, 0.15) is 0 Å². The Balaban J connectivity index is 1.91. The van der Waals surface area contributed by atoms with Crippen LogP contribution in [0.25, 0.3) is 0 Å². The van der Waals surface area contributed by atoms with Gasteiger partial charge in [0.05, 0.1) is 10.6 Å². The summed E-state index contributed by atoms with van der Waals surface area (Å²) < 4.78 is 23.4.